The van der Waals surface area contributed by atoms with E-state index in [2.05, 4.69) is 32.5 Å². The van der Waals surface area contributed by atoms with Gasteiger partial charge in [0.1, 0.15) is 11.4 Å². The number of methoxy groups -OCH3 is 1. The Bertz CT molecular complexity index is 740. The highest BCUT2D eigenvalue weighted by molar-refractivity contribution is 5.92. The summed E-state index contributed by atoms with van der Waals surface area (Å²) in [4.78, 5) is 18.3. The lowest BCUT2D eigenvalue weighted by atomic mass is 9.98. The van der Waals surface area contributed by atoms with Crippen molar-refractivity contribution in [1.29, 1.82) is 0 Å². The number of aromatic nitrogens is 1. The Morgan fingerprint density at radius 1 is 1.31 bits per heavy atom. The number of piperidine rings is 1. The average Bonchev–Trinajstić information content (AvgIpc) is 2.70. The SMILES string of the molecule is COc1cccc(CN2CCC(/C=N/NC(=O)c3ccccn3)CC2)c1. The lowest BCUT2D eigenvalue weighted by molar-refractivity contribution is 0.0949. The molecule has 0 bridgehead atoms. The molecule has 0 atom stereocenters. The van der Waals surface area contributed by atoms with Crippen molar-refractivity contribution in [2.45, 2.75) is 19.4 Å². The zero-order valence-corrected chi connectivity index (χ0v) is 15.0. The number of ether oxygens (including phenoxy) is 1. The van der Waals surface area contributed by atoms with Crippen LogP contribution in [0.4, 0.5) is 0 Å². The Balaban J connectivity index is 1.42. The van der Waals surface area contributed by atoms with Crippen LogP contribution in [0.1, 0.15) is 28.9 Å². The third-order valence-corrected chi connectivity index (χ3v) is 4.52. The summed E-state index contributed by atoms with van der Waals surface area (Å²) in [6, 6.07) is 13.4. The molecule has 0 saturated carbocycles. The lowest BCUT2D eigenvalue weighted by Gasteiger charge is -2.30. The van der Waals surface area contributed by atoms with E-state index < -0.39 is 0 Å². The van der Waals surface area contributed by atoms with Gasteiger partial charge in [0.05, 0.1) is 7.11 Å². The molecule has 1 aliphatic rings. The molecule has 1 aliphatic heterocycles. The van der Waals surface area contributed by atoms with Gasteiger partial charge in [-0.05, 0) is 61.7 Å². The van der Waals surface area contributed by atoms with Crippen LogP contribution in [-0.4, -0.2) is 42.2 Å². The fraction of sp³-hybridized carbons (Fsp3) is 0.350. The Morgan fingerprint density at radius 3 is 2.88 bits per heavy atom. The topological polar surface area (TPSA) is 66.8 Å². The van der Waals surface area contributed by atoms with Crippen molar-refractivity contribution in [3.63, 3.8) is 0 Å². The summed E-state index contributed by atoms with van der Waals surface area (Å²) < 4.78 is 5.28. The normalized spacial score (nSPS) is 15.9. The van der Waals surface area contributed by atoms with E-state index in [1.807, 2.05) is 18.3 Å². The van der Waals surface area contributed by atoms with E-state index >= 15 is 0 Å². The number of carbonyl (C=O) groups is 1. The molecule has 0 aliphatic carbocycles. The van der Waals surface area contributed by atoms with Crippen LogP contribution in [-0.2, 0) is 6.54 Å². The molecule has 6 heteroatoms. The maximum Gasteiger partial charge on any atom is 0.289 e. The summed E-state index contributed by atoms with van der Waals surface area (Å²) in [7, 11) is 1.69. The van der Waals surface area contributed by atoms with Crippen molar-refractivity contribution < 1.29 is 9.53 Å². The second-order valence-electron chi connectivity index (χ2n) is 6.40. The molecule has 1 amide bonds. The number of carbonyl (C=O) groups excluding carboxylic acids is 1. The average molecular weight is 352 g/mol. The molecule has 1 fully saturated rings. The van der Waals surface area contributed by atoms with Gasteiger partial charge in [-0.25, -0.2) is 5.43 Å². The molecule has 136 valence electrons. The fourth-order valence-corrected chi connectivity index (χ4v) is 3.04. The monoisotopic (exact) mass is 352 g/mol. The first-order chi connectivity index (χ1) is 12.7. The summed E-state index contributed by atoms with van der Waals surface area (Å²) in [6.07, 6.45) is 5.51. The van der Waals surface area contributed by atoms with Crippen LogP contribution in [0, 0.1) is 5.92 Å². The van der Waals surface area contributed by atoms with Gasteiger partial charge in [0.15, 0.2) is 0 Å². The summed E-state index contributed by atoms with van der Waals surface area (Å²) in [5.41, 5.74) is 4.19. The zero-order valence-electron chi connectivity index (χ0n) is 15.0. The molecular formula is C20H24N4O2. The first kappa shape index (κ1) is 18.1. The summed E-state index contributed by atoms with van der Waals surface area (Å²) in [6.45, 7) is 2.96. The van der Waals surface area contributed by atoms with Crippen LogP contribution in [0.2, 0.25) is 0 Å². The van der Waals surface area contributed by atoms with Crippen molar-refractivity contribution in [2.75, 3.05) is 20.2 Å². The molecule has 2 heterocycles. The zero-order chi connectivity index (χ0) is 18.2. The van der Waals surface area contributed by atoms with E-state index in [1.165, 1.54) is 5.56 Å². The maximum absolute atomic E-state index is 11.9. The summed E-state index contributed by atoms with van der Waals surface area (Å²) in [5, 5.41) is 4.10. The van der Waals surface area contributed by atoms with E-state index in [0.29, 0.717) is 11.6 Å². The van der Waals surface area contributed by atoms with E-state index in [0.717, 1.165) is 38.2 Å². The van der Waals surface area contributed by atoms with Crippen molar-refractivity contribution in [1.82, 2.24) is 15.3 Å². The Kier molecular flexibility index (Phi) is 6.33. The molecule has 0 spiro atoms. The van der Waals surface area contributed by atoms with Crippen LogP contribution >= 0.6 is 0 Å². The van der Waals surface area contributed by atoms with E-state index in [1.54, 1.807) is 31.5 Å². The number of nitrogens with one attached hydrogen (secondary N) is 1. The molecule has 1 saturated heterocycles. The molecule has 1 aromatic heterocycles. The van der Waals surface area contributed by atoms with Crippen LogP contribution in [0.25, 0.3) is 0 Å². The van der Waals surface area contributed by atoms with Gasteiger partial charge in [-0.1, -0.05) is 18.2 Å². The van der Waals surface area contributed by atoms with Gasteiger partial charge in [-0.15, -0.1) is 0 Å². The Labute approximate surface area is 153 Å². The second-order valence-corrected chi connectivity index (χ2v) is 6.40. The van der Waals surface area contributed by atoms with Crippen LogP contribution < -0.4 is 10.2 Å². The largest absolute Gasteiger partial charge is 0.497 e. The van der Waals surface area contributed by atoms with Crippen molar-refractivity contribution in [3.8, 4) is 5.75 Å². The van der Waals surface area contributed by atoms with Crippen LogP contribution in [0.15, 0.2) is 53.8 Å². The minimum absolute atomic E-state index is 0.280. The molecule has 0 radical (unpaired) electrons. The molecular weight excluding hydrogens is 328 g/mol. The predicted molar refractivity (Wildman–Crippen MR) is 101 cm³/mol. The number of nitrogens with zero attached hydrogens (tertiary/aromatic N) is 3. The van der Waals surface area contributed by atoms with Gasteiger partial charge in [0.25, 0.3) is 5.91 Å². The van der Waals surface area contributed by atoms with E-state index in [9.17, 15) is 4.79 Å². The quantitative estimate of drug-likeness (QED) is 0.641. The number of hydrogen-bond donors (Lipinski definition) is 1. The summed E-state index contributed by atoms with van der Waals surface area (Å²) >= 11 is 0. The second kappa shape index (κ2) is 9.10. The molecule has 2 aromatic rings. The number of hydrogen-bond acceptors (Lipinski definition) is 5. The molecule has 3 rings (SSSR count). The minimum Gasteiger partial charge on any atom is -0.497 e. The van der Waals surface area contributed by atoms with Crippen molar-refractivity contribution in [3.05, 3.63) is 59.9 Å². The van der Waals surface area contributed by atoms with Crippen molar-refractivity contribution in [2.24, 2.45) is 11.0 Å². The highest BCUT2D eigenvalue weighted by Crippen LogP contribution is 2.19. The number of benzene rings is 1. The van der Waals surface area contributed by atoms with E-state index in [-0.39, 0.29) is 5.91 Å². The van der Waals surface area contributed by atoms with Crippen LogP contribution in [0.3, 0.4) is 0 Å². The van der Waals surface area contributed by atoms with Gasteiger partial charge in [-0.3, -0.25) is 14.7 Å². The Hall–Kier alpha value is -2.73. The number of amides is 1. The molecule has 26 heavy (non-hydrogen) atoms. The summed E-state index contributed by atoms with van der Waals surface area (Å²) in [5.74, 6) is 1.01. The highest BCUT2D eigenvalue weighted by atomic mass is 16.5. The fourth-order valence-electron chi connectivity index (χ4n) is 3.04. The maximum atomic E-state index is 11.9. The third kappa shape index (κ3) is 5.13. The van der Waals surface area contributed by atoms with Crippen LogP contribution in [0.5, 0.6) is 5.75 Å². The number of rotatable bonds is 6. The number of hydrazone groups is 1. The predicted octanol–water partition coefficient (Wildman–Crippen LogP) is 2.72. The molecule has 1 N–H and O–H groups in total. The number of pyridine rings is 1. The highest BCUT2D eigenvalue weighted by Gasteiger charge is 2.18. The van der Waals surface area contributed by atoms with Gasteiger partial charge in [0.2, 0.25) is 0 Å². The van der Waals surface area contributed by atoms with Gasteiger partial charge in [-0.2, -0.15) is 5.10 Å². The van der Waals surface area contributed by atoms with E-state index in [4.69, 9.17) is 4.74 Å². The van der Waals surface area contributed by atoms with Gasteiger partial charge < -0.3 is 4.74 Å². The lowest BCUT2D eigenvalue weighted by Crippen LogP contribution is -2.34. The standard InChI is InChI=1S/C20H24N4O2/c1-26-18-6-4-5-17(13-18)15-24-11-8-16(9-12-24)14-22-23-20(25)19-7-2-3-10-21-19/h2-7,10,13-14,16H,8-9,11-12,15H2,1H3,(H,23,25)/b22-14+. The number of likely N-dealkylation sites (tertiary alicyclic amines) is 1. The molecule has 0 unspecified atom stereocenters. The first-order valence-electron chi connectivity index (χ1n) is 8.84. The molecule has 6 nitrogen and oxygen atoms in total. The first-order valence-corrected chi connectivity index (χ1v) is 8.84. The van der Waals surface area contributed by atoms with Crippen molar-refractivity contribution >= 4 is 12.1 Å². The molecule has 1 aromatic carbocycles. The minimum atomic E-state index is -0.280. The Morgan fingerprint density at radius 2 is 2.15 bits per heavy atom. The smallest absolute Gasteiger partial charge is 0.289 e. The van der Waals surface area contributed by atoms with Gasteiger partial charge >= 0.3 is 0 Å². The van der Waals surface area contributed by atoms with Gasteiger partial charge in [0, 0.05) is 19.0 Å². The third-order valence-electron chi connectivity index (χ3n) is 4.52.